The number of unbranched alkanes of at least 4 members (excludes halogenated alkanes) is 2. The average Bonchev–Trinajstić information content (AvgIpc) is 2.18. The highest BCUT2D eigenvalue weighted by Crippen LogP contribution is 2.10. The maximum Gasteiger partial charge on any atom is -0.00425 e. The van der Waals surface area contributed by atoms with Gasteiger partial charge in [-0.25, -0.2) is 0 Å². The summed E-state index contributed by atoms with van der Waals surface area (Å²) < 4.78 is 0. The van der Waals surface area contributed by atoms with Crippen molar-refractivity contribution in [2.75, 3.05) is 6.54 Å². The van der Waals surface area contributed by atoms with E-state index in [9.17, 15) is 0 Å². The third-order valence-electron chi connectivity index (χ3n) is 2.28. The molecule has 0 aromatic rings. The molecule has 82 valence electrons. The van der Waals surface area contributed by atoms with Crippen LogP contribution in [0.25, 0.3) is 0 Å². The lowest BCUT2D eigenvalue weighted by Crippen LogP contribution is -1.94. The van der Waals surface area contributed by atoms with Gasteiger partial charge in [-0.2, -0.15) is 0 Å². The van der Waals surface area contributed by atoms with Gasteiger partial charge in [0.05, 0.1) is 0 Å². The minimum Gasteiger partial charge on any atom is -0.330 e. The van der Waals surface area contributed by atoms with Crippen molar-refractivity contribution in [2.45, 2.75) is 46.0 Å². The van der Waals surface area contributed by atoms with Crippen LogP contribution in [-0.2, 0) is 0 Å². The predicted octanol–water partition coefficient (Wildman–Crippen LogP) is 3.66. The fourth-order valence-corrected chi connectivity index (χ4v) is 1.34. The molecule has 0 rings (SSSR count). The minimum absolute atomic E-state index is 0.712. The van der Waals surface area contributed by atoms with E-state index in [1.165, 1.54) is 25.7 Å². The van der Waals surface area contributed by atoms with E-state index in [1.54, 1.807) is 0 Å². The van der Waals surface area contributed by atoms with Gasteiger partial charge in [-0.05, 0) is 25.3 Å². The van der Waals surface area contributed by atoms with Crippen molar-refractivity contribution in [1.29, 1.82) is 0 Å². The van der Waals surface area contributed by atoms with Gasteiger partial charge in [-0.15, -0.1) is 0 Å². The predicted molar refractivity (Wildman–Crippen MR) is 65.3 cm³/mol. The molecule has 1 nitrogen and oxygen atoms in total. The van der Waals surface area contributed by atoms with Crippen LogP contribution in [0.5, 0.6) is 0 Å². The highest BCUT2D eigenvalue weighted by Gasteiger charge is 1.94. The SMILES string of the molecule is CCCCC[C@H](C)/C=C/C=C\CCN. The Morgan fingerprint density at radius 3 is 2.64 bits per heavy atom. The van der Waals surface area contributed by atoms with Gasteiger partial charge in [0.1, 0.15) is 0 Å². The third-order valence-corrected chi connectivity index (χ3v) is 2.28. The second-order valence-electron chi connectivity index (χ2n) is 3.86. The van der Waals surface area contributed by atoms with E-state index in [0.717, 1.165) is 13.0 Å². The van der Waals surface area contributed by atoms with Crippen LogP contribution in [0.15, 0.2) is 24.3 Å². The smallest absolute Gasteiger partial charge is 0.00425 e. The first-order valence-electron chi connectivity index (χ1n) is 5.84. The quantitative estimate of drug-likeness (QED) is 0.464. The summed E-state index contributed by atoms with van der Waals surface area (Å²) in [5.74, 6) is 0.712. The van der Waals surface area contributed by atoms with Gasteiger partial charge in [0.25, 0.3) is 0 Å². The van der Waals surface area contributed by atoms with Gasteiger partial charge in [-0.3, -0.25) is 0 Å². The monoisotopic (exact) mass is 195 g/mol. The highest BCUT2D eigenvalue weighted by atomic mass is 14.5. The molecule has 0 amide bonds. The molecular weight excluding hydrogens is 170 g/mol. The molecule has 0 aromatic carbocycles. The van der Waals surface area contributed by atoms with Gasteiger partial charge in [0.15, 0.2) is 0 Å². The highest BCUT2D eigenvalue weighted by molar-refractivity contribution is 5.03. The van der Waals surface area contributed by atoms with Crippen LogP contribution < -0.4 is 5.73 Å². The first-order chi connectivity index (χ1) is 6.81. The van der Waals surface area contributed by atoms with Crippen molar-refractivity contribution in [3.05, 3.63) is 24.3 Å². The van der Waals surface area contributed by atoms with Crippen molar-refractivity contribution in [2.24, 2.45) is 11.7 Å². The Balaban J connectivity index is 3.44. The van der Waals surface area contributed by atoms with E-state index in [-0.39, 0.29) is 0 Å². The molecule has 0 bridgehead atoms. The molecule has 1 heteroatoms. The number of hydrogen-bond acceptors (Lipinski definition) is 1. The summed E-state index contributed by atoms with van der Waals surface area (Å²) in [6, 6.07) is 0. The summed E-state index contributed by atoms with van der Waals surface area (Å²) in [6.45, 7) is 5.27. The summed E-state index contributed by atoms with van der Waals surface area (Å²) in [7, 11) is 0. The van der Waals surface area contributed by atoms with Crippen LogP contribution >= 0.6 is 0 Å². The molecule has 0 aromatic heterocycles. The molecule has 0 spiro atoms. The molecule has 0 aliphatic carbocycles. The van der Waals surface area contributed by atoms with E-state index in [4.69, 9.17) is 5.73 Å². The molecule has 0 saturated carbocycles. The van der Waals surface area contributed by atoms with E-state index >= 15 is 0 Å². The molecule has 0 fully saturated rings. The van der Waals surface area contributed by atoms with Gasteiger partial charge in [-0.1, -0.05) is 57.4 Å². The van der Waals surface area contributed by atoms with Crippen LogP contribution in [0.2, 0.25) is 0 Å². The zero-order chi connectivity index (χ0) is 10.6. The molecule has 2 N–H and O–H groups in total. The molecule has 0 aliphatic rings. The van der Waals surface area contributed by atoms with Crippen LogP contribution in [0.3, 0.4) is 0 Å². The van der Waals surface area contributed by atoms with Gasteiger partial charge in [0, 0.05) is 0 Å². The molecular formula is C13H25N. The number of nitrogens with two attached hydrogens (primary N) is 1. The van der Waals surface area contributed by atoms with Crippen molar-refractivity contribution in [3.63, 3.8) is 0 Å². The van der Waals surface area contributed by atoms with Gasteiger partial charge < -0.3 is 5.73 Å². The minimum atomic E-state index is 0.712. The van der Waals surface area contributed by atoms with Crippen molar-refractivity contribution < 1.29 is 0 Å². The lowest BCUT2D eigenvalue weighted by molar-refractivity contribution is 0.576. The topological polar surface area (TPSA) is 26.0 Å². The second kappa shape index (κ2) is 10.5. The molecule has 0 unspecified atom stereocenters. The zero-order valence-corrected chi connectivity index (χ0v) is 9.71. The largest absolute Gasteiger partial charge is 0.330 e. The molecule has 0 heterocycles. The Kier molecular flexibility index (Phi) is 10.1. The van der Waals surface area contributed by atoms with Crippen molar-refractivity contribution >= 4 is 0 Å². The standard InChI is InChI=1S/C13H25N/c1-3-4-7-10-13(2)11-8-5-6-9-12-14/h5-6,8,11,13H,3-4,7,9-10,12,14H2,1-2H3/b6-5-,11-8+/t13-/m0/s1. The molecule has 14 heavy (non-hydrogen) atoms. The lowest BCUT2D eigenvalue weighted by Gasteiger charge is -2.03. The summed E-state index contributed by atoms with van der Waals surface area (Å²) in [5.41, 5.74) is 5.38. The molecule has 0 saturated heterocycles. The average molecular weight is 195 g/mol. The van der Waals surface area contributed by atoms with Crippen LogP contribution in [0.1, 0.15) is 46.0 Å². The second-order valence-corrected chi connectivity index (χ2v) is 3.86. The van der Waals surface area contributed by atoms with E-state index in [1.807, 2.05) is 0 Å². The lowest BCUT2D eigenvalue weighted by atomic mass is 10.0. The molecule has 1 atom stereocenters. The van der Waals surface area contributed by atoms with Crippen molar-refractivity contribution in [1.82, 2.24) is 0 Å². The van der Waals surface area contributed by atoms with Crippen molar-refractivity contribution in [3.8, 4) is 0 Å². The molecule has 0 aliphatic heterocycles. The van der Waals surface area contributed by atoms with E-state index < -0.39 is 0 Å². The van der Waals surface area contributed by atoms with E-state index in [0.29, 0.717) is 5.92 Å². The van der Waals surface area contributed by atoms with Gasteiger partial charge >= 0.3 is 0 Å². The Labute approximate surface area is 89.1 Å². The van der Waals surface area contributed by atoms with Crippen LogP contribution in [-0.4, -0.2) is 6.54 Å². The first-order valence-corrected chi connectivity index (χ1v) is 5.84. The first kappa shape index (κ1) is 13.4. The van der Waals surface area contributed by atoms with E-state index in [2.05, 4.69) is 38.2 Å². The summed E-state index contributed by atoms with van der Waals surface area (Å²) in [4.78, 5) is 0. The fraction of sp³-hybridized carbons (Fsp3) is 0.692. The van der Waals surface area contributed by atoms with Crippen LogP contribution in [0.4, 0.5) is 0 Å². The summed E-state index contributed by atoms with van der Waals surface area (Å²) in [5, 5.41) is 0. The zero-order valence-electron chi connectivity index (χ0n) is 9.71. The van der Waals surface area contributed by atoms with Crippen LogP contribution in [0, 0.1) is 5.92 Å². The molecule has 0 radical (unpaired) electrons. The normalized spacial score (nSPS) is 14.2. The summed E-state index contributed by atoms with van der Waals surface area (Å²) in [6.07, 6.45) is 15.0. The third kappa shape index (κ3) is 9.53. The summed E-state index contributed by atoms with van der Waals surface area (Å²) >= 11 is 0. The number of allylic oxidation sites excluding steroid dienone is 3. The Bertz CT molecular complexity index is 159. The fourth-order valence-electron chi connectivity index (χ4n) is 1.34. The maximum absolute atomic E-state index is 5.38. The van der Waals surface area contributed by atoms with Gasteiger partial charge in [0.2, 0.25) is 0 Å². The maximum atomic E-state index is 5.38. The Hall–Kier alpha value is -0.560. The Morgan fingerprint density at radius 1 is 1.21 bits per heavy atom. The number of rotatable bonds is 8. The number of hydrogen-bond donors (Lipinski definition) is 1. The Morgan fingerprint density at radius 2 is 2.00 bits per heavy atom.